The highest BCUT2D eigenvalue weighted by Gasteiger charge is 2.28. The number of H-pyrrole nitrogens is 1. The Hall–Kier alpha value is -1.91. The highest BCUT2D eigenvalue weighted by atomic mass is 15.2. The van der Waals surface area contributed by atoms with Crippen molar-refractivity contribution in [2.75, 3.05) is 11.4 Å². The molecule has 1 N–H and O–H groups in total. The number of hydrogen-bond acceptors (Lipinski definition) is 4. The summed E-state index contributed by atoms with van der Waals surface area (Å²) in [6, 6.07) is 2.45. The van der Waals surface area contributed by atoms with Gasteiger partial charge in [-0.25, -0.2) is 9.97 Å². The SMILES string of the molecule is Cc1cc(N2CCCC2c2cn[nH]c2)nc(C)n1. The van der Waals surface area contributed by atoms with Crippen LogP contribution >= 0.6 is 0 Å². The molecule has 0 spiro atoms. The van der Waals surface area contributed by atoms with Crippen molar-refractivity contribution in [3.8, 4) is 0 Å². The number of aromatic amines is 1. The smallest absolute Gasteiger partial charge is 0.133 e. The Morgan fingerprint density at radius 1 is 1.33 bits per heavy atom. The van der Waals surface area contributed by atoms with Gasteiger partial charge < -0.3 is 4.90 Å². The van der Waals surface area contributed by atoms with Crippen molar-refractivity contribution in [2.24, 2.45) is 0 Å². The summed E-state index contributed by atoms with van der Waals surface area (Å²) in [5.74, 6) is 1.87. The van der Waals surface area contributed by atoms with Gasteiger partial charge >= 0.3 is 0 Å². The van der Waals surface area contributed by atoms with Crippen LogP contribution in [0.25, 0.3) is 0 Å². The summed E-state index contributed by atoms with van der Waals surface area (Å²) in [7, 11) is 0. The number of aryl methyl sites for hydroxylation is 2. The van der Waals surface area contributed by atoms with Gasteiger partial charge in [0.15, 0.2) is 0 Å². The molecule has 1 aliphatic heterocycles. The Bertz CT molecular complexity index is 514. The normalized spacial score (nSPS) is 19.4. The lowest BCUT2D eigenvalue weighted by Gasteiger charge is -2.25. The second-order valence-corrected chi connectivity index (χ2v) is 4.80. The van der Waals surface area contributed by atoms with Crippen LogP contribution in [0.1, 0.15) is 36.0 Å². The number of anilines is 1. The number of nitrogens with zero attached hydrogens (tertiary/aromatic N) is 4. The Morgan fingerprint density at radius 3 is 2.94 bits per heavy atom. The van der Waals surface area contributed by atoms with Crippen LogP contribution in [0.15, 0.2) is 18.5 Å². The van der Waals surface area contributed by atoms with Crippen LogP contribution in [0.2, 0.25) is 0 Å². The Morgan fingerprint density at radius 2 is 2.22 bits per heavy atom. The molecule has 2 aromatic rings. The van der Waals surface area contributed by atoms with E-state index in [-0.39, 0.29) is 0 Å². The molecule has 1 saturated heterocycles. The molecule has 94 valence electrons. The first kappa shape index (κ1) is 11.2. The summed E-state index contributed by atoms with van der Waals surface area (Å²) in [5, 5.41) is 6.94. The standard InChI is InChI=1S/C13H17N5/c1-9-6-13(17-10(2)16-9)18-5-3-4-12(18)11-7-14-15-8-11/h6-8,12H,3-5H2,1-2H3,(H,14,15). The average molecular weight is 243 g/mol. The molecule has 1 aliphatic rings. The predicted octanol–water partition coefficient (Wildman–Crippen LogP) is 2.16. The second kappa shape index (κ2) is 4.40. The van der Waals surface area contributed by atoms with E-state index in [0.29, 0.717) is 6.04 Å². The van der Waals surface area contributed by atoms with Crippen molar-refractivity contribution in [3.63, 3.8) is 0 Å². The Balaban J connectivity index is 1.95. The minimum atomic E-state index is 0.387. The molecule has 5 nitrogen and oxygen atoms in total. The molecule has 0 aromatic carbocycles. The zero-order chi connectivity index (χ0) is 12.5. The molecular formula is C13H17N5. The molecule has 1 fully saturated rings. The number of rotatable bonds is 2. The third-order valence-electron chi connectivity index (χ3n) is 3.40. The highest BCUT2D eigenvalue weighted by Crippen LogP contribution is 2.34. The Labute approximate surface area is 106 Å². The van der Waals surface area contributed by atoms with E-state index in [9.17, 15) is 0 Å². The van der Waals surface area contributed by atoms with Gasteiger partial charge in [-0.1, -0.05) is 0 Å². The zero-order valence-corrected chi connectivity index (χ0v) is 10.7. The van der Waals surface area contributed by atoms with E-state index >= 15 is 0 Å². The van der Waals surface area contributed by atoms with E-state index < -0.39 is 0 Å². The molecule has 0 aliphatic carbocycles. The first-order valence-corrected chi connectivity index (χ1v) is 6.31. The lowest BCUT2D eigenvalue weighted by atomic mass is 10.1. The van der Waals surface area contributed by atoms with E-state index in [1.807, 2.05) is 26.2 Å². The van der Waals surface area contributed by atoms with Crippen LogP contribution in [-0.2, 0) is 0 Å². The van der Waals surface area contributed by atoms with E-state index in [1.54, 1.807) is 0 Å². The summed E-state index contributed by atoms with van der Waals surface area (Å²) in [4.78, 5) is 11.3. The molecule has 3 rings (SSSR count). The minimum Gasteiger partial charge on any atom is -0.349 e. The van der Waals surface area contributed by atoms with E-state index in [1.165, 1.54) is 12.0 Å². The maximum atomic E-state index is 4.56. The maximum absolute atomic E-state index is 4.56. The van der Waals surface area contributed by atoms with Gasteiger partial charge in [0.25, 0.3) is 0 Å². The van der Waals surface area contributed by atoms with Crippen LogP contribution in [0, 0.1) is 13.8 Å². The number of hydrogen-bond donors (Lipinski definition) is 1. The van der Waals surface area contributed by atoms with Crippen LogP contribution in [0.4, 0.5) is 5.82 Å². The van der Waals surface area contributed by atoms with Gasteiger partial charge in [-0.3, -0.25) is 5.10 Å². The molecule has 0 bridgehead atoms. The van der Waals surface area contributed by atoms with E-state index in [4.69, 9.17) is 0 Å². The molecule has 0 saturated carbocycles. The summed E-state index contributed by atoms with van der Waals surface area (Å²) in [6.07, 6.45) is 6.23. The molecule has 0 amide bonds. The average Bonchev–Trinajstić information content (AvgIpc) is 2.98. The third kappa shape index (κ3) is 1.96. The van der Waals surface area contributed by atoms with Gasteiger partial charge in [0.2, 0.25) is 0 Å². The minimum absolute atomic E-state index is 0.387. The van der Waals surface area contributed by atoms with Crippen molar-refractivity contribution in [2.45, 2.75) is 32.7 Å². The highest BCUT2D eigenvalue weighted by molar-refractivity contribution is 5.44. The molecule has 18 heavy (non-hydrogen) atoms. The summed E-state index contributed by atoms with van der Waals surface area (Å²) >= 11 is 0. The first-order chi connectivity index (χ1) is 8.74. The molecular weight excluding hydrogens is 226 g/mol. The van der Waals surface area contributed by atoms with Gasteiger partial charge in [-0.05, 0) is 26.7 Å². The molecule has 3 heterocycles. The lowest BCUT2D eigenvalue weighted by molar-refractivity contribution is 0.708. The van der Waals surface area contributed by atoms with Crippen molar-refractivity contribution >= 4 is 5.82 Å². The van der Waals surface area contributed by atoms with Crippen LogP contribution in [0.3, 0.4) is 0 Å². The van der Waals surface area contributed by atoms with Gasteiger partial charge in [0.1, 0.15) is 11.6 Å². The van der Waals surface area contributed by atoms with Crippen molar-refractivity contribution in [1.29, 1.82) is 0 Å². The van der Waals surface area contributed by atoms with Crippen molar-refractivity contribution < 1.29 is 0 Å². The number of nitrogens with one attached hydrogen (secondary N) is 1. The van der Waals surface area contributed by atoms with Gasteiger partial charge in [0, 0.05) is 30.1 Å². The molecule has 1 unspecified atom stereocenters. The quantitative estimate of drug-likeness (QED) is 0.878. The molecule has 2 aromatic heterocycles. The van der Waals surface area contributed by atoms with Gasteiger partial charge in [-0.15, -0.1) is 0 Å². The van der Waals surface area contributed by atoms with Gasteiger partial charge in [-0.2, -0.15) is 5.10 Å². The van der Waals surface area contributed by atoms with Crippen LogP contribution < -0.4 is 4.90 Å². The third-order valence-corrected chi connectivity index (χ3v) is 3.40. The van der Waals surface area contributed by atoms with E-state index in [2.05, 4.69) is 31.1 Å². The topological polar surface area (TPSA) is 57.7 Å². The Kier molecular flexibility index (Phi) is 2.74. The van der Waals surface area contributed by atoms with Crippen LogP contribution in [-0.4, -0.2) is 26.7 Å². The van der Waals surface area contributed by atoms with Crippen LogP contribution in [0.5, 0.6) is 0 Å². The summed E-state index contributed by atoms with van der Waals surface area (Å²) in [5.41, 5.74) is 2.26. The monoisotopic (exact) mass is 243 g/mol. The fourth-order valence-electron chi connectivity index (χ4n) is 2.68. The largest absolute Gasteiger partial charge is 0.349 e. The fourth-order valence-corrected chi connectivity index (χ4v) is 2.68. The summed E-state index contributed by atoms with van der Waals surface area (Å²) < 4.78 is 0. The fraction of sp³-hybridized carbons (Fsp3) is 0.462. The predicted molar refractivity (Wildman–Crippen MR) is 69.4 cm³/mol. The summed E-state index contributed by atoms with van der Waals surface area (Å²) in [6.45, 7) is 5.01. The molecule has 5 heteroatoms. The molecule has 0 radical (unpaired) electrons. The molecule has 1 atom stereocenters. The second-order valence-electron chi connectivity index (χ2n) is 4.80. The maximum Gasteiger partial charge on any atom is 0.133 e. The van der Waals surface area contributed by atoms with Crippen molar-refractivity contribution in [1.82, 2.24) is 20.2 Å². The zero-order valence-electron chi connectivity index (χ0n) is 10.7. The lowest BCUT2D eigenvalue weighted by Crippen LogP contribution is -2.23. The number of aromatic nitrogens is 4. The first-order valence-electron chi connectivity index (χ1n) is 6.31. The van der Waals surface area contributed by atoms with Gasteiger partial charge in [0.05, 0.1) is 12.2 Å². The van der Waals surface area contributed by atoms with E-state index in [0.717, 1.165) is 30.3 Å². The van der Waals surface area contributed by atoms with Crippen molar-refractivity contribution in [3.05, 3.63) is 35.5 Å².